The summed E-state index contributed by atoms with van der Waals surface area (Å²) in [7, 11) is 0. The van der Waals surface area contributed by atoms with E-state index in [0.717, 1.165) is 10.5 Å². The van der Waals surface area contributed by atoms with E-state index in [1.165, 1.54) is 11.8 Å². The lowest BCUT2D eigenvalue weighted by atomic mass is 9.91. The fourth-order valence-electron chi connectivity index (χ4n) is 2.40. The van der Waals surface area contributed by atoms with Gasteiger partial charge in [0.15, 0.2) is 0 Å². The maximum absolute atomic E-state index is 14.6. The molecule has 1 aliphatic rings. The molecule has 0 aromatic heterocycles. The van der Waals surface area contributed by atoms with Crippen LogP contribution in [0.3, 0.4) is 0 Å². The summed E-state index contributed by atoms with van der Waals surface area (Å²) in [6, 6.07) is 6.78. The molecule has 1 saturated heterocycles. The Hall–Kier alpha value is -1.92. The highest BCUT2D eigenvalue weighted by Crippen LogP contribution is 2.38. The second kappa shape index (κ2) is 8.08. The molecule has 1 aliphatic heterocycles. The van der Waals surface area contributed by atoms with Crippen molar-refractivity contribution < 1.29 is 9.13 Å². The van der Waals surface area contributed by atoms with Crippen molar-refractivity contribution in [2.24, 2.45) is 16.1 Å². The quantitative estimate of drug-likeness (QED) is 0.438. The van der Waals surface area contributed by atoms with E-state index >= 15 is 0 Å². The van der Waals surface area contributed by atoms with Gasteiger partial charge in [0.25, 0.3) is 0 Å². The predicted molar refractivity (Wildman–Crippen MR) is 86.7 cm³/mol. The average Bonchev–Trinajstić information content (AvgIpc) is 2.55. The molecule has 0 bridgehead atoms. The molecule has 2 rings (SSSR count). The first kappa shape index (κ1) is 17.4. The van der Waals surface area contributed by atoms with Gasteiger partial charge in [0.05, 0.1) is 12.6 Å². The summed E-state index contributed by atoms with van der Waals surface area (Å²) in [5.41, 5.74) is 17.6. The van der Waals surface area contributed by atoms with Gasteiger partial charge in [0, 0.05) is 20.6 Å². The highest BCUT2D eigenvalue weighted by molar-refractivity contribution is 7.99. The Bertz CT molecular complexity index is 627. The van der Waals surface area contributed by atoms with Gasteiger partial charge in [-0.05, 0) is 30.1 Å². The van der Waals surface area contributed by atoms with E-state index in [4.69, 9.17) is 15.8 Å². The molecule has 23 heavy (non-hydrogen) atoms. The van der Waals surface area contributed by atoms with Crippen LogP contribution in [-0.2, 0) is 4.74 Å². The van der Waals surface area contributed by atoms with Gasteiger partial charge in [-0.2, -0.15) is 0 Å². The largest absolute Gasteiger partial charge is 0.363 e. The van der Waals surface area contributed by atoms with Gasteiger partial charge < -0.3 is 4.74 Å². The van der Waals surface area contributed by atoms with Crippen molar-refractivity contribution in [3.05, 3.63) is 50.7 Å². The molecule has 7 nitrogen and oxygen atoms in total. The van der Waals surface area contributed by atoms with Crippen LogP contribution in [0.25, 0.3) is 20.9 Å². The zero-order chi connectivity index (χ0) is 16.8. The third-order valence-corrected chi connectivity index (χ3v) is 4.95. The van der Waals surface area contributed by atoms with Gasteiger partial charge in [0.2, 0.25) is 0 Å². The van der Waals surface area contributed by atoms with Crippen molar-refractivity contribution >= 4 is 11.8 Å². The van der Waals surface area contributed by atoms with Gasteiger partial charge in [-0.25, -0.2) is 4.39 Å². The first-order chi connectivity index (χ1) is 11.1. The second-order valence-corrected chi connectivity index (χ2v) is 6.56. The van der Waals surface area contributed by atoms with Crippen LogP contribution in [0.15, 0.2) is 39.4 Å². The number of halogens is 1. The number of rotatable bonds is 5. The molecule has 5 atom stereocenters. The number of alkyl halides is 1. The van der Waals surface area contributed by atoms with E-state index in [0.29, 0.717) is 0 Å². The summed E-state index contributed by atoms with van der Waals surface area (Å²) in [5, 5.41) is 7.06. The third kappa shape index (κ3) is 4.30. The molecule has 0 radical (unpaired) electrons. The van der Waals surface area contributed by atoms with E-state index in [9.17, 15) is 4.39 Å². The van der Waals surface area contributed by atoms with Crippen LogP contribution in [0.2, 0.25) is 0 Å². The zero-order valence-electron chi connectivity index (χ0n) is 12.8. The SMILES string of the molecule is Cc1ccc(S[C@@H]2O[C@H](CN=[N+]=[N-])C(C)[C@H](F)[C@H]2N=[N+]=[N-])cc1. The van der Waals surface area contributed by atoms with Crippen molar-refractivity contribution in [1.82, 2.24) is 0 Å². The maximum Gasteiger partial charge on any atom is 0.119 e. The standard InChI is InChI=1S/C14H17FN6OS/c1-8-3-5-10(6-4-8)23-14-13(19-21-17)12(15)9(2)11(22-14)7-18-20-16/h3-6,9,11-14H,7H2,1-2H3/t9?,11-,12+,13-,14+/m1/s1. The molecule has 1 heterocycles. The van der Waals surface area contributed by atoms with Crippen molar-refractivity contribution in [3.63, 3.8) is 0 Å². The fourth-order valence-corrected chi connectivity index (χ4v) is 3.50. The molecule has 1 aromatic rings. The van der Waals surface area contributed by atoms with E-state index in [1.54, 1.807) is 6.92 Å². The lowest BCUT2D eigenvalue weighted by Crippen LogP contribution is -2.50. The Morgan fingerprint density at radius 2 is 1.96 bits per heavy atom. The number of hydrogen-bond donors (Lipinski definition) is 0. The Labute approximate surface area is 137 Å². The summed E-state index contributed by atoms with van der Waals surface area (Å²) < 4.78 is 20.5. The van der Waals surface area contributed by atoms with Gasteiger partial charge >= 0.3 is 0 Å². The first-order valence-electron chi connectivity index (χ1n) is 7.14. The molecule has 0 aliphatic carbocycles. The van der Waals surface area contributed by atoms with Gasteiger partial charge in [0.1, 0.15) is 17.6 Å². The molecule has 0 amide bonds. The molecule has 9 heteroatoms. The summed E-state index contributed by atoms with van der Waals surface area (Å²) in [6.07, 6.45) is -1.91. The third-order valence-electron chi connectivity index (χ3n) is 3.79. The van der Waals surface area contributed by atoms with Crippen LogP contribution in [0.5, 0.6) is 0 Å². The number of nitrogens with zero attached hydrogens (tertiary/aromatic N) is 6. The Kier molecular flexibility index (Phi) is 6.12. The van der Waals surface area contributed by atoms with Gasteiger partial charge in [-0.15, -0.1) is 0 Å². The van der Waals surface area contributed by atoms with Gasteiger partial charge in [-0.1, -0.05) is 46.6 Å². The second-order valence-electron chi connectivity index (χ2n) is 5.39. The molecule has 1 fully saturated rings. The normalized spacial score (nSPS) is 30.1. The van der Waals surface area contributed by atoms with Crippen molar-refractivity contribution in [2.75, 3.05) is 6.54 Å². The highest BCUT2D eigenvalue weighted by Gasteiger charge is 2.43. The average molecular weight is 336 g/mol. The minimum atomic E-state index is -1.36. The molecule has 1 unspecified atom stereocenters. The summed E-state index contributed by atoms with van der Waals surface area (Å²) in [6.45, 7) is 3.68. The molecule has 0 spiro atoms. The number of aryl methyl sites for hydroxylation is 1. The minimum Gasteiger partial charge on any atom is -0.363 e. The minimum absolute atomic E-state index is 0.0477. The molecule has 122 valence electrons. The Morgan fingerprint density at radius 1 is 1.26 bits per heavy atom. The highest BCUT2D eigenvalue weighted by atomic mass is 32.2. The van der Waals surface area contributed by atoms with Crippen LogP contribution in [-0.4, -0.2) is 30.3 Å². The smallest absolute Gasteiger partial charge is 0.119 e. The predicted octanol–water partition coefficient (Wildman–Crippen LogP) is 4.78. The molecular weight excluding hydrogens is 319 g/mol. The Balaban J connectivity index is 2.22. The maximum atomic E-state index is 14.6. The number of ether oxygens (including phenoxy) is 1. The van der Waals surface area contributed by atoms with E-state index in [2.05, 4.69) is 20.1 Å². The number of benzene rings is 1. The van der Waals surface area contributed by atoms with E-state index in [1.807, 2.05) is 31.2 Å². The topological polar surface area (TPSA) is 107 Å². The summed E-state index contributed by atoms with van der Waals surface area (Å²) in [5.74, 6) is -0.522. The van der Waals surface area contributed by atoms with Crippen LogP contribution >= 0.6 is 11.8 Å². The van der Waals surface area contributed by atoms with Crippen molar-refractivity contribution in [2.45, 2.75) is 42.5 Å². The Morgan fingerprint density at radius 3 is 2.57 bits per heavy atom. The molecule has 0 N–H and O–H groups in total. The monoisotopic (exact) mass is 336 g/mol. The van der Waals surface area contributed by atoms with Crippen LogP contribution in [0.1, 0.15) is 12.5 Å². The lowest BCUT2D eigenvalue weighted by Gasteiger charge is -2.40. The number of azide groups is 2. The van der Waals surface area contributed by atoms with Crippen LogP contribution in [0.4, 0.5) is 4.39 Å². The number of thioether (sulfide) groups is 1. The van der Waals surface area contributed by atoms with E-state index in [-0.39, 0.29) is 6.54 Å². The van der Waals surface area contributed by atoms with Crippen molar-refractivity contribution in [3.8, 4) is 0 Å². The van der Waals surface area contributed by atoms with Crippen LogP contribution < -0.4 is 0 Å². The summed E-state index contributed by atoms with van der Waals surface area (Å²) in [4.78, 5) is 6.34. The fraction of sp³-hybridized carbons (Fsp3) is 0.571. The number of hydrogen-bond acceptors (Lipinski definition) is 4. The van der Waals surface area contributed by atoms with Gasteiger partial charge in [-0.3, -0.25) is 0 Å². The molecule has 1 aromatic carbocycles. The lowest BCUT2D eigenvalue weighted by molar-refractivity contribution is -0.0813. The van der Waals surface area contributed by atoms with Crippen LogP contribution in [0, 0.1) is 12.8 Å². The molecule has 0 saturated carbocycles. The summed E-state index contributed by atoms with van der Waals surface area (Å²) >= 11 is 1.30. The van der Waals surface area contributed by atoms with E-state index < -0.39 is 29.7 Å². The first-order valence-corrected chi connectivity index (χ1v) is 8.02. The molecular formula is C14H17FN6OS. The van der Waals surface area contributed by atoms with Crippen molar-refractivity contribution in [1.29, 1.82) is 0 Å². The zero-order valence-corrected chi connectivity index (χ0v) is 13.6.